The third kappa shape index (κ3) is 2.84. The number of hydrogen-bond acceptors (Lipinski definition) is 4. The number of hydrogen-bond donors (Lipinski definition) is 0. The van der Waals surface area contributed by atoms with E-state index in [1.165, 1.54) is 12.3 Å². The SMILES string of the molecule is CCOc1ccc2c(N(Cl)c3ccccc3F)c(C#N)cnc2c1. The Bertz CT molecular complexity index is 939. The summed E-state index contributed by atoms with van der Waals surface area (Å²) < 4.78 is 20.7. The van der Waals surface area contributed by atoms with Crippen molar-refractivity contribution < 1.29 is 9.13 Å². The van der Waals surface area contributed by atoms with Gasteiger partial charge in [0.1, 0.15) is 17.6 Å². The minimum Gasteiger partial charge on any atom is -0.494 e. The van der Waals surface area contributed by atoms with E-state index in [1.807, 2.05) is 6.92 Å². The van der Waals surface area contributed by atoms with Crippen molar-refractivity contribution in [3.05, 3.63) is 60.0 Å². The molecule has 0 atom stereocenters. The Morgan fingerprint density at radius 1 is 1.29 bits per heavy atom. The van der Waals surface area contributed by atoms with Crippen LogP contribution in [0.2, 0.25) is 0 Å². The molecule has 0 fully saturated rings. The lowest BCUT2D eigenvalue weighted by Crippen LogP contribution is -2.07. The Hall–Kier alpha value is -2.84. The van der Waals surface area contributed by atoms with Crippen LogP contribution in [0.3, 0.4) is 0 Å². The molecule has 0 saturated carbocycles. The van der Waals surface area contributed by atoms with Gasteiger partial charge in [-0.2, -0.15) is 5.26 Å². The molecule has 0 aliphatic rings. The average molecular weight is 342 g/mol. The van der Waals surface area contributed by atoms with Crippen molar-refractivity contribution in [3.63, 3.8) is 0 Å². The maximum absolute atomic E-state index is 14.1. The van der Waals surface area contributed by atoms with Gasteiger partial charge in [0.25, 0.3) is 0 Å². The molecule has 24 heavy (non-hydrogen) atoms. The summed E-state index contributed by atoms with van der Waals surface area (Å²) in [6.07, 6.45) is 1.42. The van der Waals surface area contributed by atoms with E-state index in [2.05, 4.69) is 11.1 Å². The highest BCUT2D eigenvalue weighted by molar-refractivity contribution is 6.31. The lowest BCUT2D eigenvalue weighted by Gasteiger charge is -2.19. The lowest BCUT2D eigenvalue weighted by molar-refractivity contribution is 0.340. The van der Waals surface area contributed by atoms with Gasteiger partial charge in [-0.15, -0.1) is 0 Å². The van der Waals surface area contributed by atoms with Crippen LogP contribution >= 0.6 is 11.8 Å². The molecule has 0 spiro atoms. The molecule has 4 nitrogen and oxygen atoms in total. The molecule has 0 saturated heterocycles. The zero-order valence-electron chi connectivity index (χ0n) is 12.8. The van der Waals surface area contributed by atoms with Gasteiger partial charge in [0.05, 0.1) is 29.1 Å². The monoisotopic (exact) mass is 341 g/mol. The molecule has 0 amide bonds. The van der Waals surface area contributed by atoms with E-state index < -0.39 is 5.82 Å². The minimum absolute atomic E-state index is 0.164. The molecule has 0 aliphatic carbocycles. The molecule has 3 rings (SSSR count). The van der Waals surface area contributed by atoms with Gasteiger partial charge in [-0.3, -0.25) is 4.98 Å². The summed E-state index contributed by atoms with van der Waals surface area (Å²) in [4.78, 5) is 4.27. The van der Waals surface area contributed by atoms with Crippen LogP contribution in [0.5, 0.6) is 5.75 Å². The largest absolute Gasteiger partial charge is 0.494 e. The highest BCUT2D eigenvalue weighted by atomic mass is 35.5. The molecule has 0 N–H and O–H groups in total. The second kappa shape index (κ2) is 6.73. The van der Waals surface area contributed by atoms with E-state index in [0.717, 1.165) is 4.42 Å². The molecule has 1 heterocycles. The number of rotatable bonds is 4. The first kappa shape index (κ1) is 16.0. The summed E-state index contributed by atoms with van der Waals surface area (Å²) in [6.45, 7) is 2.42. The first-order valence-electron chi connectivity index (χ1n) is 7.31. The van der Waals surface area contributed by atoms with Crippen LogP contribution in [0, 0.1) is 17.1 Å². The lowest BCUT2D eigenvalue weighted by atomic mass is 10.1. The van der Waals surface area contributed by atoms with Gasteiger partial charge in [-0.25, -0.2) is 8.81 Å². The Morgan fingerprint density at radius 3 is 2.79 bits per heavy atom. The fourth-order valence-electron chi connectivity index (χ4n) is 2.44. The second-order valence-electron chi connectivity index (χ2n) is 4.98. The predicted molar refractivity (Wildman–Crippen MR) is 92.0 cm³/mol. The number of halogens is 2. The molecule has 0 aliphatic heterocycles. The summed E-state index contributed by atoms with van der Waals surface area (Å²) in [6, 6.07) is 13.5. The summed E-state index contributed by atoms with van der Waals surface area (Å²) in [5.41, 5.74) is 1.41. The van der Waals surface area contributed by atoms with Crippen molar-refractivity contribution in [1.29, 1.82) is 5.26 Å². The Balaban J connectivity index is 2.21. The maximum Gasteiger partial charge on any atom is 0.148 e. The smallest absolute Gasteiger partial charge is 0.148 e. The van der Waals surface area contributed by atoms with Gasteiger partial charge in [-0.05, 0) is 31.2 Å². The number of benzene rings is 2. The van der Waals surface area contributed by atoms with E-state index in [0.29, 0.717) is 28.9 Å². The van der Waals surface area contributed by atoms with Crippen LogP contribution in [-0.4, -0.2) is 11.6 Å². The molecular formula is C18H13ClFN3O. The van der Waals surface area contributed by atoms with Crippen molar-refractivity contribution >= 4 is 34.1 Å². The number of ether oxygens (including phenoxy) is 1. The maximum atomic E-state index is 14.1. The first-order chi connectivity index (χ1) is 11.7. The van der Waals surface area contributed by atoms with Gasteiger partial charge in [0.2, 0.25) is 0 Å². The fraction of sp³-hybridized carbons (Fsp3) is 0.111. The highest BCUT2D eigenvalue weighted by Gasteiger charge is 2.19. The van der Waals surface area contributed by atoms with Gasteiger partial charge in [-0.1, -0.05) is 12.1 Å². The topological polar surface area (TPSA) is 49.1 Å². The number of fused-ring (bicyclic) bond motifs is 1. The average Bonchev–Trinajstić information content (AvgIpc) is 2.60. The third-order valence-corrected chi connectivity index (χ3v) is 3.86. The molecule has 6 heteroatoms. The van der Waals surface area contributed by atoms with Crippen molar-refractivity contribution in [1.82, 2.24) is 4.98 Å². The van der Waals surface area contributed by atoms with E-state index in [4.69, 9.17) is 16.5 Å². The molecule has 0 radical (unpaired) electrons. The van der Waals surface area contributed by atoms with Gasteiger partial charge in [0.15, 0.2) is 0 Å². The summed E-state index contributed by atoms with van der Waals surface area (Å²) in [5, 5.41) is 10.0. The minimum atomic E-state index is -0.479. The molecule has 3 aromatic rings. The molecule has 1 aromatic heterocycles. The summed E-state index contributed by atoms with van der Waals surface area (Å²) in [5.74, 6) is 0.187. The Morgan fingerprint density at radius 2 is 2.08 bits per heavy atom. The molecule has 0 bridgehead atoms. The third-order valence-electron chi connectivity index (χ3n) is 3.50. The van der Waals surface area contributed by atoms with Crippen LogP contribution < -0.4 is 9.16 Å². The second-order valence-corrected chi connectivity index (χ2v) is 5.31. The van der Waals surface area contributed by atoms with Crippen molar-refractivity contribution in [3.8, 4) is 11.8 Å². The van der Waals surface area contributed by atoms with Crippen molar-refractivity contribution in [2.24, 2.45) is 0 Å². The molecule has 2 aromatic carbocycles. The van der Waals surface area contributed by atoms with Crippen molar-refractivity contribution in [2.75, 3.05) is 11.0 Å². The van der Waals surface area contributed by atoms with Crippen LogP contribution in [0.4, 0.5) is 15.8 Å². The predicted octanol–water partition coefficient (Wildman–Crippen LogP) is 4.94. The summed E-state index contributed by atoms with van der Waals surface area (Å²) >= 11 is 6.38. The summed E-state index contributed by atoms with van der Waals surface area (Å²) in [7, 11) is 0. The van der Waals surface area contributed by atoms with Crippen LogP contribution in [-0.2, 0) is 0 Å². The van der Waals surface area contributed by atoms with Crippen molar-refractivity contribution in [2.45, 2.75) is 6.92 Å². The molecule has 120 valence electrons. The van der Waals surface area contributed by atoms with Gasteiger partial charge >= 0.3 is 0 Å². The van der Waals surface area contributed by atoms with E-state index in [1.54, 1.807) is 36.4 Å². The number of anilines is 2. The quantitative estimate of drug-likeness (QED) is 0.631. The zero-order chi connectivity index (χ0) is 17.1. The molecular weight excluding hydrogens is 329 g/mol. The van der Waals surface area contributed by atoms with Crippen LogP contribution in [0.15, 0.2) is 48.7 Å². The Kier molecular flexibility index (Phi) is 4.50. The first-order valence-corrected chi connectivity index (χ1v) is 7.65. The zero-order valence-corrected chi connectivity index (χ0v) is 13.6. The number of aromatic nitrogens is 1. The van der Waals surface area contributed by atoms with E-state index in [9.17, 15) is 9.65 Å². The van der Waals surface area contributed by atoms with Crippen LogP contribution in [0.25, 0.3) is 10.9 Å². The van der Waals surface area contributed by atoms with E-state index in [-0.39, 0.29) is 11.3 Å². The van der Waals surface area contributed by atoms with Gasteiger partial charge < -0.3 is 4.74 Å². The Labute approximate surface area is 143 Å². The highest BCUT2D eigenvalue weighted by Crippen LogP contribution is 2.38. The standard InChI is InChI=1S/C18H13ClFN3O/c1-2-24-13-7-8-14-16(9-13)22-11-12(10-21)18(14)23(19)17-6-4-3-5-15(17)20/h3-9,11H,2H2,1H3. The number of pyridine rings is 1. The number of nitriles is 1. The molecule has 0 unspecified atom stereocenters. The normalized spacial score (nSPS) is 10.4. The number of para-hydroxylation sites is 1. The fourth-order valence-corrected chi connectivity index (χ4v) is 2.76. The number of nitrogens with zero attached hydrogens (tertiary/aromatic N) is 3. The van der Waals surface area contributed by atoms with E-state index >= 15 is 0 Å². The van der Waals surface area contributed by atoms with Gasteiger partial charge in [0, 0.05) is 29.4 Å². The van der Waals surface area contributed by atoms with Crippen LogP contribution in [0.1, 0.15) is 12.5 Å².